The number of rotatable bonds is 2. The molecule has 2 spiro atoms. The summed E-state index contributed by atoms with van der Waals surface area (Å²) in [7, 11) is 0. The van der Waals surface area contributed by atoms with Gasteiger partial charge in [0.25, 0.3) is 11.8 Å². The number of hydrogen-bond acceptors (Lipinski definition) is 9. The molecule has 7 amide bonds. The van der Waals surface area contributed by atoms with Crippen molar-refractivity contribution in [2.24, 2.45) is 0 Å². The summed E-state index contributed by atoms with van der Waals surface area (Å²) in [6.45, 7) is 7.61. The molecule has 6 heterocycles. The molecule has 2 aromatic rings. The lowest BCUT2D eigenvalue weighted by Crippen LogP contribution is -2.56. The number of imide groups is 2. The minimum absolute atomic E-state index is 0.165. The Morgan fingerprint density at radius 3 is 1.67 bits per heavy atom. The zero-order chi connectivity index (χ0) is 30.8. The van der Waals surface area contributed by atoms with Crippen LogP contribution in [0.5, 0.6) is 0 Å². The van der Waals surface area contributed by atoms with Gasteiger partial charge in [0.2, 0.25) is 0 Å². The maximum absolute atomic E-state index is 12.9. The van der Waals surface area contributed by atoms with Crippen molar-refractivity contribution in [3.05, 3.63) is 49.1 Å². The van der Waals surface area contributed by atoms with E-state index in [4.69, 9.17) is 4.74 Å². The molecule has 0 aliphatic carbocycles. The van der Waals surface area contributed by atoms with Gasteiger partial charge in [0.15, 0.2) is 0 Å². The fourth-order valence-corrected chi connectivity index (χ4v) is 5.61. The Labute approximate surface area is 249 Å². The Kier molecular flexibility index (Phi) is 8.06. The normalized spacial score (nSPS) is 21.0. The Balaban J connectivity index is 0.000000180. The number of anilines is 2. The van der Waals surface area contributed by atoms with E-state index in [1.54, 1.807) is 41.6 Å². The number of carbonyl (C=O) groups is 5. The van der Waals surface area contributed by atoms with Crippen molar-refractivity contribution in [3.63, 3.8) is 0 Å². The summed E-state index contributed by atoms with van der Waals surface area (Å²) in [6, 6.07) is 5.96. The van der Waals surface area contributed by atoms with E-state index in [9.17, 15) is 24.0 Å². The molecule has 0 radical (unpaired) electrons. The largest absolute Gasteiger partial charge is 0.444 e. The van der Waals surface area contributed by atoms with Crippen LogP contribution in [0.4, 0.5) is 25.8 Å². The zero-order valence-corrected chi connectivity index (χ0v) is 24.5. The van der Waals surface area contributed by atoms with Crippen molar-refractivity contribution in [3.8, 4) is 0 Å². The Bertz CT molecular complexity index is 1380. The SMILES string of the molecule is CC(C)(C)OC(=O)N1CCC2(CC1)NC(=O)N(c1cccnc1)C2=O.O=C1NC2(CCNCC2)C(=O)N1c1cccnc1. The molecular weight excluding hydrogens is 556 g/mol. The van der Waals surface area contributed by atoms with Crippen LogP contribution in [0.3, 0.4) is 0 Å². The monoisotopic (exact) mass is 592 g/mol. The van der Waals surface area contributed by atoms with Gasteiger partial charge in [-0.05, 0) is 83.8 Å². The van der Waals surface area contributed by atoms with Crippen LogP contribution in [-0.2, 0) is 14.3 Å². The second-order valence-electron chi connectivity index (χ2n) is 11.9. The van der Waals surface area contributed by atoms with E-state index in [0.29, 0.717) is 50.1 Å². The van der Waals surface area contributed by atoms with Crippen molar-refractivity contribution < 1.29 is 28.7 Å². The van der Waals surface area contributed by atoms with E-state index in [0.717, 1.165) is 18.0 Å². The van der Waals surface area contributed by atoms with Crippen LogP contribution in [0.15, 0.2) is 49.1 Å². The summed E-state index contributed by atoms with van der Waals surface area (Å²) in [5.74, 6) is -0.462. The van der Waals surface area contributed by atoms with E-state index in [-0.39, 0.29) is 17.8 Å². The Hall–Kier alpha value is -4.59. The number of piperidine rings is 2. The molecular formula is C29H36N8O6. The molecule has 0 atom stereocenters. The van der Waals surface area contributed by atoms with Gasteiger partial charge in [-0.25, -0.2) is 24.2 Å². The molecule has 0 saturated carbocycles. The first kappa shape index (κ1) is 29.9. The van der Waals surface area contributed by atoms with Crippen LogP contribution in [0, 0.1) is 0 Å². The van der Waals surface area contributed by atoms with Crippen LogP contribution in [0.1, 0.15) is 46.5 Å². The molecule has 3 N–H and O–H groups in total. The standard InChI is InChI=1S/C17H22N4O4.C12H14N4O2/c1-16(2,3)25-15(24)20-9-6-17(7-10-20)13(22)21(14(23)19-17)12-5-4-8-18-11-12;17-10-12(3-6-13-7-4-12)15-11(18)16(10)9-2-1-5-14-8-9/h4-5,8,11H,6-7,9-10H2,1-3H3,(H,19,23);1-2,5,8,13H,3-4,6-7H2,(H,15,18). The third kappa shape index (κ3) is 6.00. The molecule has 4 aliphatic heterocycles. The minimum Gasteiger partial charge on any atom is -0.444 e. The predicted octanol–water partition coefficient (Wildman–Crippen LogP) is 2.17. The Morgan fingerprint density at radius 1 is 0.791 bits per heavy atom. The number of urea groups is 2. The number of ether oxygens (including phenoxy) is 1. The summed E-state index contributed by atoms with van der Waals surface area (Å²) in [5, 5.41) is 8.83. The van der Waals surface area contributed by atoms with Gasteiger partial charge >= 0.3 is 18.2 Å². The van der Waals surface area contributed by atoms with E-state index < -0.39 is 28.8 Å². The molecule has 0 bridgehead atoms. The third-order valence-corrected chi connectivity index (χ3v) is 7.86. The molecule has 0 aromatic carbocycles. The predicted molar refractivity (Wildman–Crippen MR) is 155 cm³/mol. The summed E-state index contributed by atoms with van der Waals surface area (Å²) in [4.78, 5) is 73.6. The highest BCUT2D eigenvalue weighted by Gasteiger charge is 2.54. The maximum Gasteiger partial charge on any atom is 0.410 e. The zero-order valence-electron chi connectivity index (χ0n) is 24.5. The topological polar surface area (TPSA) is 166 Å². The van der Waals surface area contributed by atoms with Crippen molar-refractivity contribution >= 4 is 41.3 Å². The number of nitrogens with one attached hydrogen (secondary N) is 3. The van der Waals surface area contributed by atoms with Gasteiger partial charge in [-0.15, -0.1) is 0 Å². The van der Waals surface area contributed by atoms with E-state index in [1.165, 1.54) is 17.3 Å². The summed E-state index contributed by atoms with van der Waals surface area (Å²) < 4.78 is 5.36. The molecule has 0 unspecified atom stereocenters. The van der Waals surface area contributed by atoms with Crippen LogP contribution >= 0.6 is 0 Å². The molecule has 43 heavy (non-hydrogen) atoms. The quantitative estimate of drug-likeness (QED) is 0.443. The van der Waals surface area contributed by atoms with Crippen molar-refractivity contribution in [1.82, 2.24) is 30.8 Å². The average molecular weight is 593 g/mol. The van der Waals surface area contributed by atoms with E-state index >= 15 is 0 Å². The molecule has 4 fully saturated rings. The minimum atomic E-state index is -0.967. The highest BCUT2D eigenvalue weighted by Crippen LogP contribution is 2.33. The van der Waals surface area contributed by atoms with Crippen molar-refractivity contribution in [2.75, 3.05) is 36.0 Å². The smallest absolute Gasteiger partial charge is 0.410 e. The lowest BCUT2D eigenvalue weighted by atomic mass is 9.87. The first-order valence-corrected chi connectivity index (χ1v) is 14.3. The molecule has 14 nitrogen and oxygen atoms in total. The van der Waals surface area contributed by atoms with Gasteiger partial charge in [-0.2, -0.15) is 0 Å². The fraction of sp³-hybridized carbons (Fsp3) is 0.483. The molecule has 4 saturated heterocycles. The maximum atomic E-state index is 12.9. The van der Waals surface area contributed by atoms with Gasteiger partial charge in [-0.3, -0.25) is 19.6 Å². The van der Waals surface area contributed by atoms with Gasteiger partial charge in [0.1, 0.15) is 16.7 Å². The van der Waals surface area contributed by atoms with Gasteiger partial charge in [-0.1, -0.05) is 0 Å². The van der Waals surface area contributed by atoms with Crippen LogP contribution in [0.25, 0.3) is 0 Å². The molecule has 6 rings (SSSR count). The molecule has 14 heteroatoms. The number of likely N-dealkylation sites (tertiary alicyclic amines) is 1. The first-order valence-electron chi connectivity index (χ1n) is 14.3. The second-order valence-corrected chi connectivity index (χ2v) is 11.9. The molecule has 228 valence electrons. The number of pyridine rings is 2. The summed E-state index contributed by atoms with van der Waals surface area (Å²) in [5.41, 5.74) is -1.29. The van der Waals surface area contributed by atoms with Gasteiger partial charge in [0.05, 0.1) is 23.8 Å². The lowest BCUT2D eigenvalue weighted by Gasteiger charge is -2.37. The third-order valence-electron chi connectivity index (χ3n) is 7.86. The number of amides is 7. The van der Waals surface area contributed by atoms with Gasteiger partial charge in [0, 0.05) is 25.5 Å². The Morgan fingerprint density at radius 2 is 1.26 bits per heavy atom. The molecule has 2 aromatic heterocycles. The first-order chi connectivity index (χ1) is 20.4. The van der Waals surface area contributed by atoms with Crippen molar-refractivity contribution in [2.45, 2.75) is 63.1 Å². The number of nitrogens with zero attached hydrogens (tertiary/aromatic N) is 5. The number of aromatic nitrogens is 2. The van der Waals surface area contributed by atoms with E-state index in [1.807, 2.05) is 20.8 Å². The summed E-state index contributed by atoms with van der Waals surface area (Å²) in [6.07, 6.45) is 7.77. The van der Waals surface area contributed by atoms with Gasteiger partial charge < -0.3 is 25.6 Å². The number of carbonyl (C=O) groups excluding carboxylic acids is 5. The lowest BCUT2D eigenvalue weighted by molar-refractivity contribution is -0.124. The van der Waals surface area contributed by atoms with Crippen molar-refractivity contribution in [1.29, 1.82) is 0 Å². The number of hydrogen-bond donors (Lipinski definition) is 3. The van der Waals surface area contributed by atoms with E-state index in [2.05, 4.69) is 25.9 Å². The fourth-order valence-electron chi connectivity index (χ4n) is 5.61. The second kappa shape index (κ2) is 11.6. The highest BCUT2D eigenvalue weighted by atomic mass is 16.6. The van der Waals surface area contributed by atoms with Crippen LogP contribution < -0.4 is 25.8 Å². The van der Waals surface area contributed by atoms with Crippen LogP contribution in [0.2, 0.25) is 0 Å². The average Bonchev–Trinajstić information content (AvgIpc) is 3.36. The van der Waals surface area contributed by atoms with Crippen LogP contribution in [-0.4, -0.2) is 87.7 Å². The summed E-state index contributed by atoms with van der Waals surface area (Å²) >= 11 is 0. The molecule has 4 aliphatic rings. The highest BCUT2D eigenvalue weighted by molar-refractivity contribution is 6.24.